The molecule has 1 N–H and O–H groups in total. The van der Waals surface area contributed by atoms with Crippen LogP contribution >= 0.6 is 11.6 Å². The van der Waals surface area contributed by atoms with Gasteiger partial charge in [-0.2, -0.15) is 0 Å². The van der Waals surface area contributed by atoms with E-state index < -0.39 is 5.97 Å². The Kier molecular flexibility index (Phi) is 3.81. The summed E-state index contributed by atoms with van der Waals surface area (Å²) in [4.78, 5) is 13.5. The van der Waals surface area contributed by atoms with Crippen LogP contribution in [0.25, 0.3) is 0 Å². The third-order valence-electron chi connectivity index (χ3n) is 3.62. The van der Waals surface area contributed by atoms with E-state index in [-0.39, 0.29) is 0 Å². The summed E-state index contributed by atoms with van der Waals surface area (Å²) in [5, 5.41) is 9.75. The van der Waals surface area contributed by atoms with Gasteiger partial charge in [-0.25, -0.2) is 4.79 Å². The van der Waals surface area contributed by atoms with Crippen molar-refractivity contribution < 1.29 is 9.90 Å². The third kappa shape index (κ3) is 2.61. The Hall–Kier alpha value is -1.22. The zero-order valence-electron chi connectivity index (χ0n) is 10.7. The first kappa shape index (κ1) is 13.2. The highest BCUT2D eigenvalue weighted by Gasteiger charge is 2.26. The minimum absolute atomic E-state index is 0.295. The Bertz CT molecular complexity index is 461. The lowest BCUT2D eigenvalue weighted by molar-refractivity contribution is 0.0697. The minimum Gasteiger partial charge on any atom is -0.478 e. The molecular formula is C14H18ClNO2. The van der Waals surface area contributed by atoms with E-state index in [1.165, 1.54) is 12.5 Å². The molecule has 4 heteroatoms. The monoisotopic (exact) mass is 267 g/mol. The SMILES string of the molecule is CC1CCC(C)N(c2ccc(Cl)cc2C(=O)O)C1. The number of aromatic carboxylic acids is 1. The fourth-order valence-corrected chi connectivity index (χ4v) is 2.73. The number of halogens is 1. The smallest absolute Gasteiger partial charge is 0.337 e. The normalized spacial score (nSPS) is 24.1. The van der Waals surface area contributed by atoms with Crippen molar-refractivity contribution in [1.82, 2.24) is 0 Å². The van der Waals surface area contributed by atoms with E-state index in [0.29, 0.717) is 22.5 Å². The second-order valence-electron chi connectivity index (χ2n) is 5.15. The topological polar surface area (TPSA) is 40.5 Å². The summed E-state index contributed by atoms with van der Waals surface area (Å²) < 4.78 is 0. The molecule has 98 valence electrons. The summed E-state index contributed by atoms with van der Waals surface area (Å²) >= 11 is 5.88. The predicted molar refractivity (Wildman–Crippen MR) is 73.6 cm³/mol. The summed E-state index contributed by atoms with van der Waals surface area (Å²) in [6.45, 7) is 5.25. The van der Waals surface area contributed by atoms with E-state index in [0.717, 1.165) is 18.7 Å². The van der Waals surface area contributed by atoms with Crippen LogP contribution in [0.1, 0.15) is 37.0 Å². The standard InChI is InChI=1S/C14H18ClNO2/c1-9-3-4-10(2)16(8-9)13-6-5-11(15)7-12(13)14(17)18/h5-7,9-10H,3-4,8H2,1-2H3,(H,17,18). The van der Waals surface area contributed by atoms with Gasteiger partial charge < -0.3 is 10.0 Å². The highest BCUT2D eigenvalue weighted by atomic mass is 35.5. The number of carboxylic acids is 1. The molecular weight excluding hydrogens is 250 g/mol. The zero-order chi connectivity index (χ0) is 13.3. The number of rotatable bonds is 2. The van der Waals surface area contributed by atoms with Crippen molar-refractivity contribution in [3.63, 3.8) is 0 Å². The fraction of sp³-hybridized carbons (Fsp3) is 0.500. The van der Waals surface area contributed by atoms with Crippen LogP contribution in [0.15, 0.2) is 18.2 Å². The summed E-state index contributed by atoms with van der Waals surface area (Å²) in [5.41, 5.74) is 1.08. The molecule has 3 nitrogen and oxygen atoms in total. The van der Waals surface area contributed by atoms with E-state index in [1.807, 2.05) is 6.07 Å². The molecule has 0 aromatic heterocycles. The van der Waals surface area contributed by atoms with Crippen molar-refractivity contribution >= 4 is 23.3 Å². The van der Waals surface area contributed by atoms with Crippen molar-refractivity contribution in [1.29, 1.82) is 0 Å². The second-order valence-corrected chi connectivity index (χ2v) is 5.59. The largest absolute Gasteiger partial charge is 0.478 e. The molecule has 0 radical (unpaired) electrons. The highest BCUT2D eigenvalue weighted by Crippen LogP contribution is 2.31. The molecule has 1 aliphatic rings. The second kappa shape index (κ2) is 5.19. The lowest BCUT2D eigenvalue weighted by Gasteiger charge is -2.39. The van der Waals surface area contributed by atoms with Crippen LogP contribution in [0.3, 0.4) is 0 Å². The van der Waals surface area contributed by atoms with Crippen LogP contribution in [0.4, 0.5) is 5.69 Å². The van der Waals surface area contributed by atoms with Gasteiger partial charge in [0.2, 0.25) is 0 Å². The van der Waals surface area contributed by atoms with Gasteiger partial charge in [-0.05, 0) is 43.9 Å². The molecule has 2 rings (SSSR count). The molecule has 0 spiro atoms. The van der Waals surface area contributed by atoms with E-state index in [9.17, 15) is 9.90 Å². The quantitative estimate of drug-likeness (QED) is 0.889. The number of piperidine rings is 1. The Morgan fingerprint density at radius 2 is 2.11 bits per heavy atom. The average molecular weight is 268 g/mol. The van der Waals surface area contributed by atoms with E-state index in [2.05, 4.69) is 18.7 Å². The van der Waals surface area contributed by atoms with Crippen molar-refractivity contribution in [3.8, 4) is 0 Å². The van der Waals surface area contributed by atoms with Gasteiger partial charge in [-0.15, -0.1) is 0 Å². The molecule has 1 aliphatic heterocycles. The predicted octanol–water partition coefficient (Wildman–Crippen LogP) is 3.66. The molecule has 1 heterocycles. The number of benzene rings is 1. The van der Waals surface area contributed by atoms with Gasteiger partial charge >= 0.3 is 5.97 Å². The van der Waals surface area contributed by atoms with Gasteiger partial charge in [0.15, 0.2) is 0 Å². The summed E-state index contributed by atoms with van der Waals surface area (Å²) in [6.07, 6.45) is 2.30. The van der Waals surface area contributed by atoms with Gasteiger partial charge in [-0.1, -0.05) is 18.5 Å². The van der Waals surface area contributed by atoms with Crippen molar-refractivity contribution in [3.05, 3.63) is 28.8 Å². The van der Waals surface area contributed by atoms with Crippen LogP contribution in [0, 0.1) is 5.92 Å². The Balaban J connectivity index is 2.40. The van der Waals surface area contributed by atoms with Crippen molar-refractivity contribution in [2.24, 2.45) is 5.92 Å². The minimum atomic E-state index is -0.919. The van der Waals surface area contributed by atoms with E-state index in [4.69, 9.17) is 11.6 Å². The van der Waals surface area contributed by atoms with Crippen LogP contribution in [0.2, 0.25) is 5.02 Å². The first-order valence-electron chi connectivity index (χ1n) is 6.28. The lowest BCUT2D eigenvalue weighted by Crippen LogP contribution is -2.41. The van der Waals surface area contributed by atoms with Gasteiger partial charge in [0.05, 0.1) is 11.3 Å². The molecule has 1 aromatic rings. The zero-order valence-corrected chi connectivity index (χ0v) is 11.4. The van der Waals surface area contributed by atoms with Crippen molar-refractivity contribution in [2.75, 3.05) is 11.4 Å². The maximum atomic E-state index is 11.3. The maximum Gasteiger partial charge on any atom is 0.337 e. The number of anilines is 1. The Morgan fingerprint density at radius 3 is 2.78 bits per heavy atom. The molecule has 1 fully saturated rings. The van der Waals surface area contributed by atoms with Gasteiger partial charge in [0.25, 0.3) is 0 Å². The molecule has 1 saturated heterocycles. The Labute approximate surface area is 112 Å². The highest BCUT2D eigenvalue weighted by molar-refractivity contribution is 6.31. The summed E-state index contributed by atoms with van der Waals surface area (Å²) in [7, 11) is 0. The Morgan fingerprint density at radius 1 is 1.39 bits per heavy atom. The third-order valence-corrected chi connectivity index (χ3v) is 3.85. The molecule has 18 heavy (non-hydrogen) atoms. The molecule has 2 unspecified atom stereocenters. The summed E-state index contributed by atoms with van der Waals surface area (Å²) in [5.74, 6) is -0.323. The lowest BCUT2D eigenvalue weighted by atomic mass is 9.94. The molecule has 1 aromatic carbocycles. The summed E-state index contributed by atoms with van der Waals surface area (Å²) in [6, 6.07) is 5.49. The number of carbonyl (C=O) groups is 1. The van der Waals surface area contributed by atoms with Crippen LogP contribution in [-0.4, -0.2) is 23.7 Å². The molecule has 2 atom stereocenters. The van der Waals surface area contributed by atoms with Crippen LogP contribution in [-0.2, 0) is 0 Å². The van der Waals surface area contributed by atoms with E-state index >= 15 is 0 Å². The number of hydrogen-bond acceptors (Lipinski definition) is 2. The molecule has 0 bridgehead atoms. The van der Waals surface area contributed by atoms with Crippen LogP contribution < -0.4 is 4.90 Å². The first-order chi connectivity index (χ1) is 8.49. The molecule has 0 aliphatic carbocycles. The average Bonchev–Trinajstić information content (AvgIpc) is 2.32. The maximum absolute atomic E-state index is 11.3. The number of hydrogen-bond donors (Lipinski definition) is 1. The van der Waals surface area contributed by atoms with Gasteiger partial charge in [0, 0.05) is 17.6 Å². The van der Waals surface area contributed by atoms with E-state index in [1.54, 1.807) is 6.07 Å². The number of nitrogens with zero attached hydrogens (tertiary/aromatic N) is 1. The first-order valence-corrected chi connectivity index (χ1v) is 6.66. The molecule has 0 amide bonds. The molecule has 0 saturated carbocycles. The van der Waals surface area contributed by atoms with Crippen LogP contribution in [0.5, 0.6) is 0 Å². The number of carboxylic acid groups (broad SMARTS) is 1. The van der Waals surface area contributed by atoms with Crippen molar-refractivity contribution in [2.45, 2.75) is 32.7 Å². The van der Waals surface area contributed by atoms with Gasteiger partial charge in [0.1, 0.15) is 0 Å². The fourth-order valence-electron chi connectivity index (χ4n) is 2.55. The van der Waals surface area contributed by atoms with Gasteiger partial charge in [-0.3, -0.25) is 0 Å².